The van der Waals surface area contributed by atoms with Gasteiger partial charge in [-0.1, -0.05) is 0 Å². The summed E-state index contributed by atoms with van der Waals surface area (Å²) in [6.07, 6.45) is -4.79. The maximum Gasteiger partial charge on any atom is 0.217 e. The molecular formula is C8H16N2O6. The number of hydrogen-bond acceptors (Lipinski definition) is 7. The molecule has 0 radical (unpaired) electrons. The molecule has 1 aliphatic heterocycles. The summed E-state index contributed by atoms with van der Waals surface area (Å²) in [5.41, 5.74) is 0. The molecule has 0 spiro atoms. The lowest BCUT2D eigenvalue weighted by Crippen LogP contribution is -2.65. The van der Waals surface area contributed by atoms with Gasteiger partial charge in [0.15, 0.2) is 6.29 Å². The van der Waals surface area contributed by atoms with Crippen molar-refractivity contribution in [2.75, 3.05) is 6.61 Å². The Morgan fingerprint density at radius 2 is 2.12 bits per heavy atom. The molecule has 1 aliphatic rings. The van der Waals surface area contributed by atoms with Gasteiger partial charge in [0.05, 0.1) is 6.61 Å². The first-order valence-electron chi connectivity index (χ1n) is 4.76. The van der Waals surface area contributed by atoms with Gasteiger partial charge in [-0.05, 0) is 0 Å². The van der Waals surface area contributed by atoms with Crippen LogP contribution >= 0.6 is 0 Å². The summed E-state index contributed by atoms with van der Waals surface area (Å²) in [5.74, 6) is 4.52. The molecule has 0 aromatic heterocycles. The van der Waals surface area contributed by atoms with Gasteiger partial charge in [0.25, 0.3) is 0 Å². The Morgan fingerprint density at radius 1 is 1.50 bits per heavy atom. The molecule has 8 nitrogen and oxygen atoms in total. The number of carbonyl (C=O) groups is 1. The zero-order chi connectivity index (χ0) is 12.3. The Balaban J connectivity index is 2.77. The summed E-state index contributed by atoms with van der Waals surface area (Å²) < 4.78 is 5.06. The second kappa shape index (κ2) is 5.53. The fraction of sp³-hybridized carbons (Fsp3) is 0.875. The second-order valence-corrected chi connectivity index (χ2v) is 3.57. The third-order valence-corrected chi connectivity index (χ3v) is 2.38. The van der Waals surface area contributed by atoms with Crippen LogP contribution in [0.4, 0.5) is 0 Å². The lowest BCUT2D eigenvalue weighted by atomic mass is 9.97. The first-order chi connectivity index (χ1) is 7.51. The van der Waals surface area contributed by atoms with Crippen LogP contribution in [0.25, 0.3) is 0 Å². The Labute approximate surface area is 91.9 Å². The summed E-state index contributed by atoms with van der Waals surface area (Å²) in [4.78, 5) is 15.3. The molecule has 0 aliphatic carbocycles. The molecule has 1 fully saturated rings. The Bertz CT molecular complexity index is 249. The number of amides is 1. The quantitative estimate of drug-likeness (QED) is 0.326. The minimum atomic E-state index is -1.33. The van der Waals surface area contributed by atoms with Gasteiger partial charge in [-0.15, -0.1) is 0 Å². The highest BCUT2D eigenvalue weighted by atomic mass is 16.8. The maximum atomic E-state index is 10.9. The molecule has 0 aromatic carbocycles. The SMILES string of the molecule is CC(=O)N[C@H]1[C@@H](ON)O[C@H](CO)[C@H](O)[C@@H]1O. The van der Waals surface area contributed by atoms with Crippen LogP contribution in [0, 0.1) is 0 Å². The van der Waals surface area contributed by atoms with E-state index in [2.05, 4.69) is 10.2 Å². The molecule has 1 heterocycles. The van der Waals surface area contributed by atoms with E-state index < -0.39 is 43.2 Å². The van der Waals surface area contributed by atoms with E-state index in [0.29, 0.717) is 0 Å². The number of nitrogens with two attached hydrogens (primary N) is 1. The predicted octanol–water partition coefficient (Wildman–Crippen LogP) is -3.18. The molecule has 6 N–H and O–H groups in total. The average Bonchev–Trinajstić information content (AvgIpc) is 2.25. The molecule has 94 valence electrons. The average molecular weight is 236 g/mol. The van der Waals surface area contributed by atoms with Gasteiger partial charge >= 0.3 is 0 Å². The van der Waals surface area contributed by atoms with E-state index in [1.807, 2.05) is 0 Å². The molecule has 8 heteroatoms. The van der Waals surface area contributed by atoms with Crippen molar-refractivity contribution in [3.05, 3.63) is 0 Å². The third kappa shape index (κ3) is 2.67. The van der Waals surface area contributed by atoms with Crippen LogP contribution in [-0.4, -0.2) is 58.5 Å². The van der Waals surface area contributed by atoms with E-state index in [0.717, 1.165) is 0 Å². The topological polar surface area (TPSA) is 134 Å². The maximum absolute atomic E-state index is 10.9. The molecule has 0 aromatic rings. The van der Waals surface area contributed by atoms with Crippen molar-refractivity contribution >= 4 is 5.91 Å². The Morgan fingerprint density at radius 3 is 2.56 bits per heavy atom. The van der Waals surface area contributed by atoms with Crippen LogP contribution in [0.3, 0.4) is 0 Å². The minimum Gasteiger partial charge on any atom is -0.394 e. The number of nitrogens with one attached hydrogen (secondary N) is 1. The Hall–Kier alpha value is -0.770. The van der Waals surface area contributed by atoms with Gasteiger partial charge in [0, 0.05) is 6.92 Å². The Kier molecular flexibility index (Phi) is 4.59. The zero-order valence-electron chi connectivity index (χ0n) is 8.74. The van der Waals surface area contributed by atoms with Crippen LogP contribution in [-0.2, 0) is 14.4 Å². The number of hydrogen-bond donors (Lipinski definition) is 5. The number of rotatable bonds is 3. The number of carbonyl (C=O) groups excluding carboxylic acids is 1. The molecule has 1 saturated heterocycles. The monoisotopic (exact) mass is 236 g/mol. The second-order valence-electron chi connectivity index (χ2n) is 3.57. The molecule has 5 atom stereocenters. The standard InChI is InChI=1S/C8H16N2O6/c1-3(12)10-5-7(14)6(13)4(2-11)15-8(5)16-9/h4-8,11,13-14H,2,9H2,1H3,(H,10,12)/t4-,5-,6+,7-,8-/m1/s1. The van der Waals surface area contributed by atoms with Gasteiger partial charge in [0.2, 0.25) is 5.91 Å². The summed E-state index contributed by atoms with van der Waals surface area (Å²) in [6.45, 7) is 0.746. The largest absolute Gasteiger partial charge is 0.394 e. The highest BCUT2D eigenvalue weighted by Crippen LogP contribution is 2.20. The highest BCUT2D eigenvalue weighted by Gasteiger charge is 2.45. The number of ether oxygens (including phenoxy) is 1. The normalized spacial score (nSPS) is 39.4. The first-order valence-corrected chi connectivity index (χ1v) is 4.76. The van der Waals surface area contributed by atoms with Crippen molar-refractivity contribution in [2.24, 2.45) is 5.90 Å². The number of aliphatic hydroxyl groups is 3. The van der Waals surface area contributed by atoms with Gasteiger partial charge in [-0.3, -0.25) is 9.63 Å². The number of aliphatic hydroxyl groups excluding tert-OH is 3. The van der Waals surface area contributed by atoms with Crippen molar-refractivity contribution in [3.63, 3.8) is 0 Å². The van der Waals surface area contributed by atoms with Gasteiger partial charge in [-0.25, -0.2) is 5.90 Å². The molecule has 1 rings (SSSR count). The van der Waals surface area contributed by atoms with Crippen LogP contribution in [0.5, 0.6) is 0 Å². The summed E-state index contributed by atoms with van der Waals surface area (Å²) in [5, 5.41) is 30.5. The van der Waals surface area contributed by atoms with Crippen molar-refractivity contribution < 1.29 is 29.7 Å². The van der Waals surface area contributed by atoms with Gasteiger partial charge in [0.1, 0.15) is 24.4 Å². The van der Waals surface area contributed by atoms with E-state index in [1.165, 1.54) is 6.92 Å². The molecule has 0 bridgehead atoms. The third-order valence-electron chi connectivity index (χ3n) is 2.38. The van der Waals surface area contributed by atoms with E-state index in [-0.39, 0.29) is 0 Å². The predicted molar refractivity (Wildman–Crippen MR) is 50.6 cm³/mol. The van der Waals surface area contributed by atoms with Gasteiger partial charge in [-0.2, -0.15) is 0 Å². The summed E-state index contributed by atoms with van der Waals surface area (Å²) >= 11 is 0. The van der Waals surface area contributed by atoms with Crippen LogP contribution in [0.1, 0.15) is 6.92 Å². The molecule has 16 heavy (non-hydrogen) atoms. The van der Waals surface area contributed by atoms with Crippen molar-refractivity contribution in [3.8, 4) is 0 Å². The lowest BCUT2D eigenvalue weighted by molar-refractivity contribution is -0.271. The van der Waals surface area contributed by atoms with E-state index in [9.17, 15) is 15.0 Å². The smallest absolute Gasteiger partial charge is 0.217 e. The fourth-order valence-electron chi connectivity index (χ4n) is 1.59. The summed E-state index contributed by atoms with van der Waals surface area (Å²) in [7, 11) is 0. The molecule has 0 saturated carbocycles. The van der Waals surface area contributed by atoms with Crippen LogP contribution in [0.2, 0.25) is 0 Å². The van der Waals surface area contributed by atoms with Crippen LogP contribution in [0.15, 0.2) is 0 Å². The molecular weight excluding hydrogens is 220 g/mol. The van der Waals surface area contributed by atoms with Crippen molar-refractivity contribution in [1.82, 2.24) is 5.32 Å². The lowest BCUT2D eigenvalue weighted by Gasteiger charge is -2.41. The van der Waals surface area contributed by atoms with E-state index >= 15 is 0 Å². The minimum absolute atomic E-state index is 0.427. The van der Waals surface area contributed by atoms with E-state index in [4.69, 9.17) is 15.7 Å². The summed E-state index contributed by atoms with van der Waals surface area (Å²) in [6, 6.07) is -0.986. The van der Waals surface area contributed by atoms with Crippen LogP contribution < -0.4 is 11.2 Å². The molecule has 0 unspecified atom stereocenters. The zero-order valence-corrected chi connectivity index (χ0v) is 8.74. The first kappa shape index (κ1) is 13.3. The van der Waals surface area contributed by atoms with Crippen molar-refractivity contribution in [1.29, 1.82) is 0 Å². The van der Waals surface area contributed by atoms with Gasteiger partial charge < -0.3 is 25.4 Å². The fourth-order valence-corrected chi connectivity index (χ4v) is 1.59. The molecule has 1 amide bonds. The highest BCUT2D eigenvalue weighted by molar-refractivity contribution is 5.73. The van der Waals surface area contributed by atoms with E-state index in [1.54, 1.807) is 0 Å². The van der Waals surface area contributed by atoms with Crippen molar-refractivity contribution in [2.45, 2.75) is 37.6 Å².